The van der Waals surface area contributed by atoms with Crippen LogP contribution in [-0.4, -0.2) is 31.8 Å². The van der Waals surface area contributed by atoms with E-state index in [1.54, 1.807) is 6.92 Å². The number of methoxy groups -OCH3 is 1. The zero-order chi connectivity index (χ0) is 13.4. The minimum Gasteiger partial charge on any atom is -0.491 e. The highest BCUT2D eigenvalue weighted by Crippen LogP contribution is 2.13. The van der Waals surface area contributed by atoms with E-state index in [0.717, 1.165) is 18.7 Å². The van der Waals surface area contributed by atoms with Crippen LogP contribution >= 0.6 is 0 Å². The zero-order valence-electron chi connectivity index (χ0n) is 11.2. The molecule has 0 bridgehead atoms. The molecular formula is C14H21NO3. The van der Waals surface area contributed by atoms with Gasteiger partial charge in [0, 0.05) is 0 Å². The normalized spacial score (nSPS) is 13.7. The molecule has 0 aliphatic heterocycles. The van der Waals surface area contributed by atoms with Gasteiger partial charge < -0.3 is 9.47 Å². The Balaban J connectivity index is 2.64. The Morgan fingerprint density at radius 2 is 2.00 bits per heavy atom. The van der Waals surface area contributed by atoms with Gasteiger partial charge in [0.15, 0.2) is 0 Å². The highest BCUT2D eigenvalue weighted by molar-refractivity contribution is 5.80. The molecule has 18 heavy (non-hydrogen) atoms. The molecule has 1 aromatic rings. The maximum absolute atomic E-state index is 11.8. The van der Waals surface area contributed by atoms with Gasteiger partial charge in [0.2, 0.25) is 0 Å². The maximum Gasteiger partial charge on any atom is 0.329 e. The van der Waals surface area contributed by atoms with Gasteiger partial charge in [-0.05, 0) is 32.0 Å². The van der Waals surface area contributed by atoms with Crippen LogP contribution in [0, 0.1) is 0 Å². The first kappa shape index (κ1) is 14.5. The number of para-hydroxylation sites is 1. The average molecular weight is 251 g/mol. The third-order valence-electron chi connectivity index (χ3n) is 2.67. The highest BCUT2D eigenvalue weighted by Gasteiger charge is 2.34. The topological polar surface area (TPSA) is 47.6 Å². The quantitative estimate of drug-likeness (QED) is 0.753. The van der Waals surface area contributed by atoms with Gasteiger partial charge in [-0.15, -0.1) is 0 Å². The molecule has 0 aromatic heterocycles. The van der Waals surface area contributed by atoms with Crippen LogP contribution in [-0.2, 0) is 9.53 Å². The van der Waals surface area contributed by atoms with Crippen LogP contribution in [0.3, 0.4) is 0 Å². The second-order valence-corrected chi connectivity index (χ2v) is 4.35. The van der Waals surface area contributed by atoms with Crippen molar-refractivity contribution in [2.24, 2.45) is 0 Å². The summed E-state index contributed by atoms with van der Waals surface area (Å²) in [5.74, 6) is 0.429. The minimum atomic E-state index is -0.819. The van der Waals surface area contributed by atoms with Gasteiger partial charge in [-0.2, -0.15) is 0 Å². The largest absolute Gasteiger partial charge is 0.491 e. The highest BCUT2D eigenvalue weighted by atomic mass is 16.5. The van der Waals surface area contributed by atoms with E-state index in [9.17, 15) is 4.79 Å². The second kappa shape index (κ2) is 7.01. The molecule has 0 saturated heterocycles. The van der Waals surface area contributed by atoms with Crippen molar-refractivity contribution in [3.05, 3.63) is 30.3 Å². The van der Waals surface area contributed by atoms with Gasteiger partial charge in [0.05, 0.1) is 7.11 Å². The standard InChI is InChI=1S/C14H21NO3/c1-4-10-15-14(2,13(16)17-3)11-18-12-8-6-5-7-9-12/h5-9,15H,4,10-11H2,1-3H3. The fourth-order valence-corrected chi connectivity index (χ4v) is 1.55. The maximum atomic E-state index is 11.8. The summed E-state index contributed by atoms with van der Waals surface area (Å²) >= 11 is 0. The Hall–Kier alpha value is -1.55. The van der Waals surface area contributed by atoms with Crippen molar-refractivity contribution in [3.8, 4) is 5.75 Å². The lowest BCUT2D eigenvalue weighted by atomic mass is 10.0. The number of hydrogen-bond acceptors (Lipinski definition) is 4. The van der Waals surface area contributed by atoms with E-state index >= 15 is 0 Å². The zero-order valence-corrected chi connectivity index (χ0v) is 11.2. The molecule has 100 valence electrons. The van der Waals surface area contributed by atoms with Gasteiger partial charge in [0.1, 0.15) is 17.9 Å². The monoisotopic (exact) mass is 251 g/mol. The van der Waals surface area contributed by atoms with Crippen LogP contribution < -0.4 is 10.1 Å². The first-order chi connectivity index (χ1) is 8.62. The first-order valence-corrected chi connectivity index (χ1v) is 6.13. The van der Waals surface area contributed by atoms with Gasteiger partial charge in [-0.25, -0.2) is 4.79 Å². The molecule has 0 saturated carbocycles. The molecule has 4 heteroatoms. The Bertz CT molecular complexity index is 367. The average Bonchev–Trinajstić information content (AvgIpc) is 2.43. The molecular weight excluding hydrogens is 230 g/mol. The number of nitrogens with one attached hydrogen (secondary N) is 1. The summed E-state index contributed by atoms with van der Waals surface area (Å²) in [6, 6.07) is 9.42. The number of esters is 1. The SMILES string of the molecule is CCCNC(C)(COc1ccccc1)C(=O)OC. The van der Waals surface area contributed by atoms with Crippen molar-refractivity contribution < 1.29 is 14.3 Å². The summed E-state index contributed by atoms with van der Waals surface area (Å²) in [5, 5.41) is 3.17. The summed E-state index contributed by atoms with van der Waals surface area (Å²) in [7, 11) is 1.39. The summed E-state index contributed by atoms with van der Waals surface area (Å²) in [6.07, 6.45) is 0.942. The molecule has 0 heterocycles. The molecule has 1 atom stereocenters. The predicted molar refractivity (Wildman–Crippen MR) is 70.7 cm³/mol. The van der Waals surface area contributed by atoms with E-state index in [-0.39, 0.29) is 12.6 Å². The first-order valence-electron chi connectivity index (χ1n) is 6.13. The van der Waals surface area contributed by atoms with Crippen LogP contribution in [0.4, 0.5) is 0 Å². The lowest BCUT2D eigenvalue weighted by Crippen LogP contribution is -2.54. The van der Waals surface area contributed by atoms with Crippen LogP contribution in [0.2, 0.25) is 0 Å². The summed E-state index contributed by atoms with van der Waals surface area (Å²) in [4.78, 5) is 11.8. The minimum absolute atomic E-state index is 0.240. The number of carbonyl (C=O) groups excluding carboxylic acids is 1. The lowest BCUT2D eigenvalue weighted by molar-refractivity contribution is -0.149. The Morgan fingerprint density at radius 1 is 1.33 bits per heavy atom. The summed E-state index contributed by atoms with van der Waals surface area (Å²) in [6.45, 7) is 4.81. The smallest absolute Gasteiger partial charge is 0.329 e. The number of ether oxygens (including phenoxy) is 2. The number of rotatable bonds is 7. The van der Waals surface area contributed by atoms with Crippen molar-refractivity contribution in [2.45, 2.75) is 25.8 Å². The Morgan fingerprint density at radius 3 is 2.56 bits per heavy atom. The van der Waals surface area contributed by atoms with Gasteiger partial charge >= 0.3 is 5.97 Å². The molecule has 0 aliphatic carbocycles. The number of carbonyl (C=O) groups is 1. The molecule has 1 aromatic carbocycles. The van der Waals surface area contributed by atoms with Crippen LogP contribution in [0.25, 0.3) is 0 Å². The van der Waals surface area contributed by atoms with E-state index < -0.39 is 5.54 Å². The van der Waals surface area contributed by atoms with Gasteiger partial charge in [-0.3, -0.25) is 5.32 Å². The number of hydrogen-bond donors (Lipinski definition) is 1. The molecule has 0 amide bonds. The second-order valence-electron chi connectivity index (χ2n) is 4.35. The van der Waals surface area contributed by atoms with Crippen LogP contribution in [0.15, 0.2) is 30.3 Å². The Labute approximate surface area is 108 Å². The fraction of sp³-hybridized carbons (Fsp3) is 0.500. The molecule has 1 N–H and O–H groups in total. The molecule has 0 radical (unpaired) electrons. The number of benzene rings is 1. The van der Waals surface area contributed by atoms with Crippen LogP contribution in [0.1, 0.15) is 20.3 Å². The predicted octanol–water partition coefficient (Wildman–Crippen LogP) is 2.00. The fourth-order valence-electron chi connectivity index (χ4n) is 1.55. The van der Waals surface area contributed by atoms with E-state index in [1.165, 1.54) is 7.11 Å². The summed E-state index contributed by atoms with van der Waals surface area (Å²) < 4.78 is 10.4. The molecule has 0 aliphatic rings. The molecule has 0 spiro atoms. The third-order valence-corrected chi connectivity index (χ3v) is 2.67. The van der Waals surface area contributed by atoms with E-state index in [1.807, 2.05) is 37.3 Å². The van der Waals surface area contributed by atoms with Crippen molar-refractivity contribution in [1.82, 2.24) is 5.32 Å². The van der Waals surface area contributed by atoms with Crippen molar-refractivity contribution >= 4 is 5.97 Å². The van der Waals surface area contributed by atoms with E-state index in [4.69, 9.17) is 9.47 Å². The molecule has 1 rings (SSSR count). The van der Waals surface area contributed by atoms with Gasteiger partial charge in [-0.1, -0.05) is 25.1 Å². The summed E-state index contributed by atoms with van der Waals surface area (Å²) in [5.41, 5.74) is -0.819. The van der Waals surface area contributed by atoms with Crippen molar-refractivity contribution in [1.29, 1.82) is 0 Å². The van der Waals surface area contributed by atoms with Crippen LogP contribution in [0.5, 0.6) is 5.75 Å². The lowest BCUT2D eigenvalue weighted by Gasteiger charge is -2.27. The molecule has 4 nitrogen and oxygen atoms in total. The van der Waals surface area contributed by atoms with Crippen molar-refractivity contribution in [3.63, 3.8) is 0 Å². The molecule has 1 unspecified atom stereocenters. The van der Waals surface area contributed by atoms with E-state index in [0.29, 0.717) is 0 Å². The van der Waals surface area contributed by atoms with Crippen molar-refractivity contribution in [2.75, 3.05) is 20.3 Å². The Kier molecular flexibility index (Phi) is 5.65. The third kappa shape index (κ3) is 4.04. The van der Waals surface area contributed by atoms with E-state index in [2.05, 4.69) is 5.32 Å². The molecule has 0 fully saturated rings. The van der Waals surface area contributed by atoms with Gasteiger partial charge in [0.25, 0.3) is 0 Å².